The Labute approximate surface area is 97.8 Å². The van der Waals surface area contributed by atoms with Gasteiger partial charge in [0.15, 0.2) is 0 Å². The van der Waals surface area contributed by atoms with Crippen molar-refractivity contribution >= 4 is 5.57 Å². The molecule has 2 rings (SSSR count). The topological polar surface area (TPSA) is 16.1 Å². The van der Waals surface area contributed by atoms with E-state index >= 15 is 0 Å². The van der Waals surface area contributed by atoms with Crippen molar-refractivity contribution in [2.45, 2.75) is 12.6 Å². The van der Waals surface area contributed by atoms with Crippen molar-refractivity contribution in [2.24, 2.45) is 0 Å². The fourth-order valence-electron chi connectivity index (χ4n) is 1.75. The average molecular weight is 242 g/mol. The second kappa shape index (κ2) is 4.49. The minimum absolute atomic E-state index is 0.645. The Hall–Kier alpha value is -1.36. The molecule has 0 spiro atoms. The zero-order chi connectivity index (χ0) is 12.5. The Morgan fingerprint density at radius 2 is 2.06 bits per heavy atom. The molecule has 1 aliphatic rings. The van der Waals surface area contributed by atoms with E-state index in [0.717, 1.165) is 37.3 Å². The molecule has 0 amide bonds. The summed E-state index contributed by atoms with van der Waals surface area (Å²) in [6.45, 7) is 1.73. The summed E-state index contributed by atoms with van der Waals surface area (Å²) < 4.78 is 37.1. The van der Waals surface area contributed by atoms with Gasteiger partial charge in [0.25, 0.3) is 0 Å². The van der Waals surface area contributed by atoms with Crippen LogP contribution in [-0.4, -0.2) is 30.0 Å². The fourth-order valence-corrected chi connectivity index (χ4v) is 1.75. The van der Waals surface area contributed by atoms with Crippen molar-refractivity contribution in [3.05, 3.63) is 35.7 Å². The molecule has 0 saturated heterocycles. The summed E-state index contributed by atoms with van der Waals surface area (Å²) in [5.41, 5.74) is 0.970. The number of hydrogen-bond acceptors (Lipinski definition) is 2. The summed E-state index contributed by atoms with van der Waals surface area (Å²) in [6.07, 6.45) is -0.574. The molecule has 0 atom stereocenters. The predicted octanol–water partition coefficient (Wildman–Crippen LogP) is 2.82. The molecule has 0 fully saturated rings. The maximum Gasteiger partial charge on any atom is 0.417 e. The van der Waals surface area contributed by atoms with Gasteiger partial charge in [0, 0.05) is 19.3 Å². The SMILES string of the molecule is CN1CC=C(c2ccc(C(F)(F)F)cn2)CC1. The first kappa shape index (κ1) is 12.1. The maximum absolute atomic E-state index is 12.4. The summed E-state index contributed by atoms with van der Waals surface area (Å²) >= 11 is 0. The standard InChI is InChI=1S/C12H13F3N2/c1-17-6-4-9(5-7-17)11-3-2-10(8-16-11)12(13,14)15/h2-4,8H,5-7H2,1H3. The van der Waals surface area contributed by atoms with Crippen LogP contribution in [0.5, 0.6) is 0 Å². The number of pyridine rings is 1. The van der Waals surface area contributed by atoms with E-state index in [2.05, 4.69) is 9.88 Å². The van der Waals surface area contributed by atoms with Crippen LogP contribution in [0.25, 0.3) is 5.57 Å². The summed E-state index contributed by atoms with van der Waals surface area (Å²) in [7, 11) is 2.01. The van der Waals surface area contributed by atoms with Crippen LogP contribution in [0.2, 0.25) is 0 Å². The minimum Gasteiger partial charge on any atom is -0.302 e. The number of alkyl halides is 3. The van der Waals surface area contributed by atoms with Gasteiger partial charge in [-0.25, -0.2) is 0 Å². The molecule has 1 aromatic heterocycles. The van der Waals surface area contributed by atoms with Crippen LogP contribution < -0.4 is 0 Å². The van der Waals surface area contributed by atoms with Crippen LogP contribution in [0.1, 0.15) is 17.7 Å². The number of likely N-dealkylation sites (N-methyl/N-ethyl adjacent to an activating group) is 1. The molecule has 0 N–H and O–H groups in total. The average Bonchev–Trinajstić information content (AvgIpc) is 2.29. The number of hydrogen-bond donors (Lipinski definition) is 0. The third kappa shape index (κ3) is 2.85. The second-order valence-corrected chi connectivity index (χ2v) is 4.17. The van der Waals surface area contributed by atoms with Crippen LogP contribution in [0.3, 0.4) is 0 Å². The van der Waals surface area contributed by atoms with E-state index in [1.807, 2.05) is 13.1 Å². The largest absolute Gasteiger partial charge is 0.417 e. The van der Waals surface area contributed by atoms with E-state index in [9.17, 15) is 13.2 Å². The van der Waals surface area contributed by atoms with Gasteiger partial charge in [-0.2, -0.15) is 13.2 Å². The summed E-state index contributed by atoms with van der Waals surface area (Å²) in [4.78, 5) is 6.03. The summed E-state index contributed by atoms with van der Waals surface area (Å²) in [5, 5.41) is 0. The van der Waals surface area contributed by atoms with Crippen molar-refractivity contribution in [3.63, 3.8) is 0 Å². The monoisotopic (exact) mass is 242 g/mol. The molecule has 92 valence electrons. The van der Waals surface area contributed by atoms with Crippen LogP contribution in [0, 0.1) is 0 Å². The first-order chi connectivity index (χ1) is 7.97. The van der Waals surface area contributed by atoms with Crippen LogP contribution in [0.4, 0.5) is 13.2 Å². The van der Waals surface area contributed by atoms with Gasteiger partial charge in [-0.1, -0.05) is 6.08 Å². The molecule has 5 heteroatoms. The zero-order valence-corrected chi connectivity index (χ0v) is 9.46. The van der Waals surface area contributed by atoms with Gasteiger partial charge in [0.1, 0.15) is 0 Å². The molecule has 1 aliphatic heterocycles. The van der Waals surface area contributed by atoms with E-state index < -0.39 is 11.7 Å². The lowest BCUT2D eigenvalue weighted by Crippen LogP contribution is -2.23. The lowest BCUT2D eigenvalue weighted by Gasteiger charge is -2.21. The van der Waals surface area contributed by atoms with Gasteiger partial charge in [0.2, 0.25) is 0 Å². The van der Waals surface area contributed by atoms with E-state index in [0.29, 0.717) is 5.69 Å². The third-order valence-corrected chi connectivity index (χ3v) is 2.83. The Kier molecular flexibility index (Phi) is 3.19. The Morgan fingerprint density at radius 3 is 2.53 bits per heavy atom. The highest BCUT2D eigenvalue weighted by atomic mass is 19.4. The normalized spacial score (nSPS) is 18.0. The molecule has 0 bridgehead atoms. The Balaban J connectivity index is 2.19. The molecule has 0 unspecified atom stereocenters. The number of rotatable bonds is 1. The highest BCUT2D eigenvalue weighted by molar-refractivity contribution is 5.63. The highest BCUT2D eigenvalue weighted by Crippen LogP contribution is 2.29. The van der Waals surface area contributed by atoms with E-state index in [4.69, 9.17) is 0 Å². The van der Waals surface area contributed by atoms with Crippen molar-refractivity contribution in [1.82, 2.24) is 9.88 Å². The van der Waals surface area contributed by atoms with Gasteiger partial charge in [0.05, 0.1) is 11.3 Å². The molecule has 2 heterocycles. The number of halogens is 3. The van der Waals surface area contributed by atoms with Gasteiger partial charge < -0.3 is 4.90 Å². The van der Waals surface area contributed by atoms with E-state index in [1.165, 1.54) is 6.07 Å². The van der Waals surface area contributed by atoms with Gasteiger partial charge in [-0.3, -0.25) is 4.98 Å². The van der Waals surface area contributed by atoms with E-state index in [1.54, 1.807) is 0 Å². The van der Waals surface area contributed by atoms with Crippen LogP contribution >= 0.6 is 0 Å². The van der Waals surface area contributed by atoms with Gasteiger partial charge in [-0.15, -0.1) is 0 Å². The van der Waals surface area contributed by atoms with E-state index in [-0.39, 0.29) is 0 Å². The molecule has 17 heavy (non-hydrogen) atoms. The molecular formula is C12H13F3N2. The minimum atomic E-state index is -4.31. The third-order valence-electron chi connectivity index (χ3n) is 2.83. The van der Waals surface area contributed by atoms with Crippen LogP contribution in [0.15, 0.2) is 24.4 Å². The van der Waals surface area contributed by atoms with Crippen molar-refractivity contribution in [2.75, 3.05) is 20.1 Å². The van der Waals surface area contributed by atoms with Gasteiger partial charge >= 0.3 is 6.18 Å². The lowest BCUT2D eigenvalue weighted by molar-refractivity contribution is -0.137. The number of nitrogens with zero attached hydrogens (tertiary/aromatic N) is 2. The quantitative estimate of drug-likeness (QED) is 0.752. The van der Waals surface area contributed by atoms with Crippen molar-refractivity contribution in [1.29, 1.82) is 0 Å². The van der Waals surface area contributed by atoms with Crippen molar-refractivity contribution in [3.8, 4) is 0 Å². The first-order valence-electron chi connectivity index (χ1n) is 5.38. The predicted molar refractivity (Wildman–Crippen MR) is 59.3 cm³/mol. The molecule has 0 saturated carbocycles. The fraction of sp³-hybridized carbons (Fsp3) is 0.417. The first-order valence-corrected chi connectivity index (χ1v) is 5.38. The smallest absolute Gasteiger partial charge is 0.302 e. The zero-order valence-electron chi connectivity index (χ0n) is 9.46. The number of aromatic nitrogens is 1. The molecule has 0 radical (unpaired) electrons. The second-order valence-electron chi connectivity index (χ2n) is 4.17. The summed E-state index contributed by atoms with van der Waals surface area (Å²) in [5.74, 6) is 0. The highest BCUT2D eigenvalue weighted by Gasteiger charge is 2.30. The molecule has 2 nitrogen and oxygen atoms in total. The van der Waals surface area contributed by atoms with Crippen LogP contribution in [-0.2, 0) is 6.18 Å². The Bertz CT molecular complexity index is 420. The summed E-state index contributed by atoms with van der Waals surface area (Å²) in [6, 6.07) is 2.53. The molecule has 1 aromatic rings. The van der Waals surface area contributed by atoms with Gasteiger partial charge in [-0.05, 0) is 31.2 Å². The van der Waals surface area contributed by atoms with Crippen molar-refractivity contribution < 1.29 is 13.2 Å². The lowest BCUT2D eigenvalue weighted by atomic mass is 10.0. The maximum atomic E-state index is 12.4. The Morgan fingerprint density at radius 1 is 1.29 bits per heavy atom. The molecular weight excluding hydrogens is 229 g/mol. The molecule has 0 aromatic carbocycles. The molecule has 0 aliphatic carbocycles.